The van der Waals surface area contributed by atoms with E-state index in [9.17, 15) is 5.21 Å². The summed E-state index contributed by atoms with van der Waals surface area (Å²) >= 11 is 6.28. The molecule has 7 nitrogen and oxygen atoms in total. The van der Waals surface area contributed by atoms with E-state index in [0.29, 0.717) is 51.6 Å². The van der Waals surface area contributed by atoms with Gasteiger partial charge in [0, 0.05) is 28.2 Å². The number of nitrogens with zero attached hydrogens (tertiary/aromatic N) is 4. The lowest BCUT2D eigenvalue weighted by molar-refractivity contribution is 0.276. The number of halogens is 1. The number of oxime groups is 1. The highest BCUT2D eigenvalue weighted by atomic mass is 35.5. The molecule has 6 rings (SSSR count). The van der Waals surface area contributed by atoms with E-state index in [2.05, 4.69) is 20.1 Å². The molecule has 1 aliphatic rings. The Morgan fingerprint density at radius 3 is 2.55 bits per heavy atom. The molecule has 0 aliphatic carbocycles. The average molecular weight is 547 g/mol. The molecule has 0 unspecified atom stereocenters. The van der Waals surface area contributed by atoms with Crippen LogP contribution in [0, 0.1) is 6.92 Å². The molecule has 0 spiro atoms. The minimum absolute atomic E-state index is 0.305. The molecule has 1 N–H and O–H groups in total. The first kappa shape index (κ1) is 25.3. The van der Waals surface area contributed by atoms with Gasteiger partial charge >= 0.3 is 0 Å². The topological polar surface area (TPSA) is 89.7 Å². The molecule has 2 aromatic heterocycles. The van der Waals surface area contributed by atoms with Crippen molar-refractivity contribution in [2.45, 2.75) is 13.5 Å². The number of aromatic nitrogens is 3. The van der Waals surface area contributed by atoms with Gasteiger partial charge in [-0.3, -0.25) is 4.98 Å². The second kappa shape index (κ2) is 11.0. The normalized spacial score (nSPS) is 16.1. The first-order valence-electron chi connectivity index (χ1n) is 12.6. The minimum Gasteiger partial charge on any atom is -0.489 e. The molecule has 196 valence electrons. The van der Waals surface area contributed by atoms with E-state index in [0.717, 1.165) is 27.6 Å². The van der Waals surface area contributed by atoms with Crippen molar-refractivity contribution in [3.8, 4) is 5.75 Å². The number of fused-ring (bicyclic) bond motifs is 1. The Balaban J connectivity index is 1.42. The van der Waals surface area contributed by atoms with Gasteiger partial charge in [0.2, 0.25) is 0 Å². The van der Waals surface area contributed by atoms with E-state index in [1.54, 1.807) is 12.3 Å². The lowest BCUT2D eigenvalue weighted by atomic mass is 9.93. The molecule has 0 atom stereocenters. The molecular weight excluding hydrogens is 524 g/mol. The highest BCUT2D eigenvalue weighted by molar-refractivity contribution is 6.31. The van der Waals surface area contributed by atoms with E-state index in [-0.39, 0.29) is 0 Å². The van der Waals surface area contributed by atoms with Gasteiger partial charge < -0.3 is 14.7 Å². The van der Waals surface area contributed by atoms with Crippen LogP contribution < -0.4 is 4.74 Å². The molecule has 1 saturated heterocycles. The first-order chi connectivity index (χ1) is 19.6. The standard InChI is InChI=1S/C32H23ClN4O3/c1-20-7-6-10-25-29(20)35-19-36-30(25)28(32-31(37-38)27(40-32)17-23-9-4-5-16-34-23)21-12-14-24(15-13-21)39-18-22-8-2-3-11-26(22)33/h2-17,19,38H,18H2,1H3/b27-17-,32-28-,37-31+. The summed E-state index contributed by atoms with van der Waals surface area (Å²) in [6.45, 7) is 2.35. The summed E-state index contributed by atoms with van der Waals surface area (Å²) in [5.74, 6) is 1.48. The zero-order chi connectivity index (χ0) is 27.5. The maximum absolute atomic E-state index is 10.00. The van der Waals surface area contributed by atoms with Crippen molar-refractivity contribution in [3.63, 3.8) is 0 Å². The Bertz CT molecular complexity index is 1800. The zero-order valence-corrected chi connectivity index (χ0v) is 22.2. The number of hydrogen-bond acceptors (Lipinski definition) is 7. The highest BCUT2D eigenvalue weighted by Crippen LogP contribution is 2.39. The fourth-order valence-electron chi connectivity index (χ4n) is 4.53. The van der Waals surface area contributed by atoms with Crippen LogP contribution in [0.3, 0.4) is 0 Å². The molecule has 0 radical (unpaired) electrons. The molecule has 5 aromatic rings. The van der Waals surface area contributed by atoms with Crippen LogP contribution in [-0.2, 0) is 11.3 Å². The summed E-state index contributed by atoms with van der Waals surface area (Å²) in [7, 11) is 0. The summed E-state index contributed by atoms with van der Waals surface area (Å²) in [6, 6.07) is 26.7. The largest absolute Gasteiger partial charge is 0.489 e. The summed E-state index contributed by atoms with van der Waals surface area (Å²) < 4.78 is 12.1. The Kier molecular flexibility index (Phi) is 6.95. The Morgan fingerprint density at radius 1 is 0.950 bits per heavy atom. The van der Waals surface area contributed by atoms with Crippen molar-refractivity contribution >= 4 is 39.9 Å². The van der Waals surface area contributed by atoms with Gasteiger partial charge in [0.1, 0.15) is 18.7 Å². The van der Waals surface area contributed by atoms with E-state index in [1.165, 1.54) is 6.33 Å². The molecule has 1 fully saturated rings. The maximum atomic E-state index is 10.00. The number of hydrogen-bond donors (Lipinski definition) is 1. The second-order valence-corrected chi connectivity index (χ2v) is 9.52. The fourth-order valence-corrected chi connectivity index (χ4v) is 4.72. The number of ether oxygens (including phenoxy) is 2. The van der Waals surface area contributed by atoms with Gasteiger partial charge in [-0.15, -0.1) is 0 Å². The molecule has 3 aromatic carbocycles. The van der Waals surface area contributed by atoms with Crippen LogP contribution >= 0.6 is 11.6 Å². The van der Waals surface area contributed by atoms with Gasteiger partial charge in [-0.05, 0) is 48.4 Å². The number of rotatable bonds is 6. The van der Waals surface area contributed by atoms with Crippen LogP contribution in [0.15, 0.2) is 114 Å². The second-order valence-electron chi connectivity index (χ2n) is 9.12. The van der Waals surface area contributed by atoms with Crippen LogP contribution in [0.25, 0.3) is 22.6 Å². The van der Waals surface area contributed by atoms with Gasteiger partial charge in [-0.25, -0.2) is 9.97 Å². The third-order valence-corrected chi connectivity index (χ3v) is 6.92. The maximum Gasteiger partial charge on any atom is 0.188 e. The predicted molar refractivity (Wildman–Crippen MR) is 155 cm³/mol. The molecule has 0 saturated carbocycles. The smallest absolute Gasteiger partial charge is 0.188 e. The third kappa shape index (κ3) is 4.90. The number of benzene rings is 3. The molecule has 3 heterocycles. The van der Waals surface area contributed by atoms with Gasteiger partial charge in [0.15, 0.2) is 17.2 Å². The first-order valence-corrected chi connectivity index (χ1v) is 12.9. The number of aryl methyl sites for hydroxylation is 1. The van der Waals surface area contributed by atoms with Crippen LogP contribution in [-0.4, -0.2) is 25.9 Å². The zero-order valence-electron chi connectivity index (χ0n) is 21.5. The lowest BCUT2D eigenvalue weighted by Crippen LogP contribution is -2.25. The van der Waals surface area contributed by atoms with Crippen LogP contribution in [0.1, 0.15) is 28.1 Å². The molecule has 8 heteroatoms. The number of para-hydroxylation sites is 1. The van der Waals surface area contributed by atoms with Crippen molar-refractivity contribution in [2.24, 2.45) is 5.16 Å². The summed E-state index contributed by atoms with van der Waals surface area (Å²) in [6.07, 6.45) is 4.95. The Hall–Kier alpha value is -5.01. The van der Waals surface area contributed by atoms with Gasteiger partial charge in [0.05, 0.1) is 22.5 Å². The van der Waals surface area contributed by atoms with Crippen molar-refractivity contribution < 1.29 is 14.7 Å². The SMILES string of the molecule is Cc1cccc2c(\C(=C3/OC(=C\c4ccccn4)/C3=N\O)c3ccc(OCc4ccccc4Cl)cc3)ncnc12. The summed E-state index contributed by atoms with van der Waals surface area (Å²) in [5, 5.41) is 15.1. The third-order valence-electron chi connectivity index (χ3n) is 6.55. The van der Waals surface area contributed by atoms with Crippen molar-refractivity contribution in [1.82, 2.24) is 15.0 Å². The van der Waals surface area contributed by atoms with Gasteiger partial charge in [0.25, 0.3) is 0 Å². The summed E-state index contributed by atoms with van der Waals surface area (Å²) in [5.41, 5.74) is 5.87. The predicted octanol–water partition coefficient (Wildman–Crippen LogP) is 7.23. The Morgan fingerprint density at radius 2 is 1.77 bits per heavy atom. The van der Waals surface area contributed by atoms with E-state index < -0.39 is 0 Å². The van der Waals surface area contributed by atoms with E-state index >= 15 is 0 Å². The molecule has 0 bridgehead atoms. The van der Waals surface area contributed by atoms with Crippen LogP contribution in [0.4, 0.5) is 0 Å². The summed E-state index contributed by atoms with van der Waals surface area (Å²) in [4.78, 5) is 13.5. The van der Waals surface area contributed by atoms with E-state index in [4.69, 9.17) is 21.1 Å². The molecule has 1 aliphatic heterocycles. The van der Waals surface area contributed by atoms with Crippen molar-refractivity contribution in [3.05, 3.63) is 142 Å². The van der Waals surface area contributed by atoms with Crippen LogP contribution in [0.5, 0.6) is 5.75 Å². The van der Waals surface area contributed by atoms with E-state index in [1.807, 2.05) is 91.9 Å². The molecule has 0 amide bonds. The minimum atomic E-state index is 0.305. The fraction of sp³-hybridized carbons (Fsp3) is 0.0625. The molecule has 40 heavy (non-hydrogen) atoms. The average Bonchev–Trinajstić information content (AvgIpc) is 2.98. The van der Waals surface area contributed by atoms with Crippen LogP contribution in [0.2, 0.25) is 5.02 Å². The van der Waals surface area contributed by atoms with Crippen molar-refractivity contribution in [2.75, 3.05) is 0 Å². The molecular formula is C32H23ClN4O3. The lowest BCUT2D eigenvalue weighted by Gasteiger charge is -2.27. The number of pyridine rings is 1. The van der Waals surface area contributed by atoms with Gasteiger partial charge in [-0.2, -0.15) is 0 Å². The van der Waals surface area contributed by atoms with Crippen molar-refractivity contribution in [1.29, 1.82) is 0 Å². The monoisotopic (exact) mass is 546 g/mol. The van der Waals surface area contributed by atoms with Gasteiger partial charge in [-0.1, -0.05) is 71.4 Å². The quantitative estimate of drug-likeness (QED) is 0.178. The highest BCUT2D eigenvalue weighted by Gasteiger charge is 2.35. The Labute approximate surface area is 235 Å².